The summed E-state index contributed by atoms with van der Waals surface area (Å²) in [5, 5.41) is 12.9. The normalized spacial score (nSPS) is 16.2. The molecule has 0 aliphatic carbocycles. The first kappa shape index (κ1) is 7.44. The minimum absolute atomic E-state index is 0.537. The summed E-state index contributed by atoms with van der Waals surface area (Å²) in [6, 6.07) is 1.74. The molecule has 2 nitrogen and oxygen atoms in total. The Kier molecular flexibility index (Phi) is 1.87. The number of hydrogen-bond donors (Lipinski definition) is 1. The van der Waals surface area contributed by atoms with Crippen LogP contribution in [0.3, 0.4) is 0 Å². The fraction of sp³-hybridized carbons (Fsp3) is 0.286. The van der Waals surface area contributed by atoms with E-state index in [9.17, 15) is 9.90 Å². The molecule has 0 aliphatic heterocycles. The first-order valence-electron chi connectivity index (χ1n) is 2.88. The van der Waals surface area contributed by atoms with Gasteiger partial charge in [-0.3, -0.25) is 4.79 Å². The predicted molar refractivity (Wildman–Crippen MR) is 40.0 cm³/mol. The van der Waals surface area contributed by atoms with Gasteiger partial charge >= 0.3 is 0 Å². The van der Waals surface area contributed by atoms with Crippen molar-refractivity contribution in [2.45, 2.75) is 12.5 Å². The Morgan fingerprint density at radius 1 is 1.80 bits per heavy atom. The van der Waals surface area contributed by atoms with E-state index in [0.717, 1.165) is 0 Å². The summed E-state index contributed by atoms with van der Waals surface area (Å²) in [7, 11) is 0. The van der Waals surface area contributed by atoms with E-state index in [0.29, 0.717) is 11.8 Å². The fourth-order valence-corrected chi connectivity index (χ4v) is 1.39. The number of carbonyl (C=O) groups is 1. The molecule has 0 radical (unpaired) electrons. The summed E-state index contributed by atoms with van der Waals surface area (Å²) in [6.07, 6.45) is 0.537. The highest BCUT2D eigenvalue weighted by Gasteiger charge is 2.21. The van der Waals surface area contributed by atoms with Crippen LogP contribution in [0, 0.1) is 0 Å². The lowest BCUT2D eigenvalue weighted by Gasteiger charge is -2.12. The Balaban J connectivity index is 2.95. The van der Waals surface area contributed by atoms with Crippen LogP contribution in [0.1, 0.15) is 12.5 Å². The third-order valence-electron chi connectivity index (χ3n) is 1.34. The largest absolute Gasteiger partial charge is 0.378 e. The third-order valence-corrected chi connectivity index (χ3v) is 2.02. The summed E-state index contributed by atoms with van der Waals surface area (Å²) in [6.45, 7) is 1.47. The zero-order valence-corrected chi connectivity index (χ0v) is 6.39. The van der Waals surface area contributed by atoms with Crippen LogP contribution in [-0.2, 0) is 10.4 Å². The molecule has 10 heavy (non-hydrogen) atoms. The first-order valence-corrected chi connectivity index (χ1v) is 3.82. The molecule has 0 aromatic carbocycles. The first-order chi connectivity index (χ1) is 4.67. The topological polar surface area (TPSA) is 37.3 Å². The van der Waals surface area contributed by atoms with Crippen LogP contribution < -0.4 is 0 Å². The molecule has 1 aromatic rings. The van der Waals surface area contributed by atoms with Crippen molar-refractivity contribution < 1.29 is 9.90 Å². The Hall–Kier alpha value is -0.670. The van der Waals surface area contributed by atoms with Gasteiger partial charge < -0.3 is 5.11 Å². The highest BCUT2D eigenvalue weighted by molar-refractivity contribution is 7.08. The van der Waals surface area contributed by atoms with E-state index in [1.54, 1.807) is 11.4 Å². The van der Waals surface area contributed by atoms with Gasteiger partial charge in [-0.15, -0.1) is 0 Å². The Labute approximate surface area is 63.1 Å². The molecular formula is C7H8O2S. The van der Waals surface area contributed by atoms with Gasteiger partial charge in [-0.25, -0.2) is 0 Å². The molecule has 1 atom stereocenters. The highest BCUT2D eigenvalue weighted by atomic mass is 32.1. The van der Waals surface area contributed by atoms with E-state index in [1.165, 1.54) is 18.3 Å². The molecule has 0 amide bonds. The van der Waals surface area contributed by atoms with Crippen molar-refractivity contribution in [2.24, 2.45) is 0 Å². The van der Waals surface area contributed by atoms with Crippen molar-refractivity contribution in [3.63, 3.8) is 0 Å². The molecule has 0 saturated carbocycles. The molecule has 0 spiro atoms. The maximum atomic E-state index is 10.3. The molecular weight excluding hydrogens is 148 g/mol. The summed E-state index contributed by atoms with van der Waals surface area (Å²) >= 11 is 1.46. The Morgan fingerprint density at radius 3 is 2.90 bits per heavy atom. The van der Waals surface area contributed by atoms with Gasteiger partial charge in [0.05, 0.1) is 0 Å². The quantitative estimate of drug-likeness (QED) is 0.652. The average Bonchev–Trinajstić information content (AvgIpc) is 2.38. The minimum atomic E-state index is -1.31. The number of carbonyl (C=O) groups excluding carboxylic acids is 1. The van der Waals surface area contributed by atoms with Crippen molar-refractivity contribution in [3.05, 3.63) is 22.4 Å². The second-order valence-corrected chi connectivity index (χ2v) is 3.06. The minimum Gasteiger partial charge on any atom is -0.378 e. The molecule has 1 unspecified atom stereocenters. The lowest BCUT2D eigenvalue weighted by atomic mass is 10.0. The van der Waals surface area contributed by atoms with E-state index in [4.69, 9.17) is 0 Å². The molecule has 1 aromatic heterocycles. The smallest absolute Gasteiger partial charge is 0.155 e. The summed E-state index contributed by atoms with van der Waals surface area (Å²) in [5.74, 6) is 0. The number of rotatable bonds is 2. The monoisotopic (exact) mass is 156 g/mol. The predicted octanol–water partition coefficient (Wildman–Crippen LogP) is 1.15. The van der Waals surface area contributed by atoms with Crippen LogP contribution in [0.25, 0.3) is 0 Å². The zero-order valence-electron chi connectivity index (χ0n) is 5.57. The summed E-state index contributed by atoms with van der Waals surface area (Å²) < 4.78 is 0. The molecule has 0 bridgehead atoms. The molecule has 54 valence electrons. The van der Waals surface area contributed by atoms with E-state index >= 15 is 0 Å². The van der Waals surface area contributed by atoms with Crippen molar-refractivity contribution in [1.29, 1.82) is 0 Å². The second-order valence-electron chi connectivity index (χ2n) is 2.28. The second kappa shape index (κ2) is 2.52. The molecule has 1 heterocycles. The van der Waals surface area contributed by atoms with Crippen LogP contribution in [0.15, 0.2) is 16.8 Å². The van der Waals surface area contributed by atoms with E-state index in [-0.39, 0.29) is 0 Å². The summed E-state index contributed by atoms with van der Waals surface area (Å²) in [4.78, 5) is 10.3. The van der Waals surface area contributed by atoms with Gasteiger partial charge in [0.2, 0.25) is 0 Å². The number of thiophene rings is 1. The average molecular weight is 156 g/mol. The molecule has 0 aliphatic rings. The van der Waals surface area contributed by atoms with Crippen LogP contribution in [0.4, 0.5) is 0 Å². The van der Waals surface area contributed by atoms with Crippen LogP contribution in [0.5, 0.6) is 0 Å². The number of hydrogen-bond acceptors (Lipinski definition) is 3. The highest BCUT2D eigenvalue weighted by Crippen LogP contribution is 2.19. The van der Waals surface area contributed by atoms with Crippen molar-refractivity contribution in [2.75, 3.05) is 0 Å². The van der Waals surface area contributed by atoms with E-state index < -0.39 is 5.60 Å². The zero-order chi connectivity index (χ0) is 7.61. The van der Waals surface area contributed by atoms with Crippen LogP contribution in [0.2, 0.25) is 0 Å². The standard InChI is InChI=1S/C7H8O2S/c1-7(9,5-8)6-2-3-10-4-6/h2-5,9H,1H3. The van der Waals surface area contributed by atoms with Crippen LogP contribution >= 0.6 is 11.3 Å². The van der Waals surface area contributed by atoms with Gasteiger partial charge in [0.1, 0.15) is 5.60 Å². The van der Waals surface area contributed by atoms with Gasteiger partial charge in [0.25, 0.3) is 0 Å². The van der Waals surface area contributed by atoms with Crippen molar-refractivity contribution in [1.82, 2.24) is 0 Å². The van der Waals surface area contributed by atoms with E-state index in [1.807, 2.05) is 5.38 Å². The number of aldehydes is 1. The summed E-state index contributed by atoms with van der Waals surface area (Å²) in [5.41, 5.74) is -0.646. The molecule has 0 saturated heterocycles. The van der Waals surface area contributed by atoms with Crippen LogP contribution in [-0.4, -0.2) is 11.4 Å². The Bertz CT molecular complexity index is 214. The van der Waals surface area contributed by atoms with Crippen molar-refractivity contribution in [3.8, 4) is 0 Å². The van der Waals surface area contributed by atoms with Gasteiger partial charge in [0.15, 0.2) is 6.29 Å². The molecule has 1 N–H and O–H groups in total. The maximum Gasteiger partial charge on any atom is 0.155 e. The molecule has 1 rings (SSSR count). The number of aliphatic hydroxyl groups is 1. The molecule has 3 heteroatoms. The SMILES string of the molecule is CC(O)(C=O)c1ccsc1. The molecule has 0 fully saturated rings. The maximum absolute atomic E-state index is 10.3. The lowest BCUT2D eigenvalue weighted by molar-refractivity contribution is -0.123. The van der Waals surface area contributed by atoms with Gasteiger partial charge in [0, 0.05) is 5.56 Å². The lowest BCUT2D eigenvalue weighted by Crippen LogP contribution is -2.21. The fourth-order valence-electron chi connectivity index (χ4n) is 0.621. The van der Waals surface area contributed by atoms with Crippen molar-refractivity contribution >= 4 is 17.6 Å². The third kappa shape index (κ3) is 1.25. The van der Waals surface area contributed by atoms with Gasteiger partial charge in [-0.05, 0) is 23.8 Å². The van der Waals surface area contributed by atoms with Gasteiger partial charge in [-0.2, -0.15) is 11.3 Å². The Morgan fingerprint density at radius 2 is 2.50 bits per heavy atom. The van der Waals surface area contributed by atoms with Gasteiger partial charge in [-0.1, -0.05) is 0 Å². The van der Waals surface area contributed by atoms with E-state index in [2.05, 4.69) is 0 Å².